The highest BCUT2D eigenvalue weighted by Crippen LogP contribution is 2.25. The number of hydrogen-bond acceptors (Lipinski definition) is 5. The number of aliphatic hydroxyl groups excluding tert-OH is 1. The number of nitrogens with zero attached hydrogens (tertiary/aromatic N) is 1. The van der Waals surface area contributed by atoms with E-state index in [1.54, 1.807) is 0 Å². The fraction of sp³-hybridized carbons (Fsp3) is 0.273. The van der Waals surface area contributed by atoms with Gasteiger partial charge in [0.05, 0.1) is 26.4 Å². The minimum atomic E-state index is -0.594. The van der Waals surface area contributed by atoms with E-state index in [2.05, 4.69) is 4.74 Å². The quantitative estimate of drug-likeness (QED) is 0.765. The molecule has 1 aromatic carbocycles. The van der Waals surface area contributed by atoms with E-state index in [1.165, 1.54) is 26.4 Å². The first kappa shape index (κ1) is 12.0. The Balaban J connectivity index is 3.44. The molecule has 0 bridgehead atoms. The van der Waals surface area contributed by atoms with Gasteiger partial charge in [-0.2, -0.15) is 5.26 Å². The molecule has 0 fully saturated rings. The Morgan fingerprint density at radius 1 is 1.50 bits per heavy atom. The van der Waals surface area contributed by atoms with Crippen molar-refractivity contribution >= 4 is 5.97 Å². The van der Waals surface area contributed by atoms with Gasteiger partial charge in [0, 0.05) is 5.56 Å². The van der Waals surface area contributed by atoms with E-state index in [0.717, 1.165) is 0 Å². The Kier molecular flexibility index (Phi) is 3.86. The predicted octanol–water partition coefficient (Wildman–Crippen LogP) is 0.846. The molecule has 5 heteroatoms. The molecule has 5 nitrogen and oxygen atoms in total. The molecule has 0 aliphatic heterocycles. The fourth-order valence-corrected chi connectivity index (χ4v) is 1.38. The summed E-state index contributed by atoms with van der Waals surface area (Å²) in [6, 6.07) is 4.84. The zero-order chi connectivity index (χ0) is 12.1. The van der Waals surface area contributed by atoms with Gasteiger partial charge < -0.3 is 14.6 Å². The molecule has 0 heterocycles. The Labute approximate surface area is 92.8 Å². The van der Waals surface area contributed by atoms with Crippen molar-refractivity contribution in [2.75, 3.05) is 14.2 Å². The summed E-state index contributed by atoms with van der Waals surface area (Å²) in [6.45, 7) is -0.426. The van der Waals surface area contributed by atoms with Gasteiger partial charge in [0.1, 0.15) is 17.4 Å². The largest absolute Gasteiger partial charge is 0.495 e. The lowest BCUT2D eigenvalue weighted by molar-refractivity contribution is 0.0597. The third-order valence-electron chi connectivity index (χ3n) is 2.17. The number of carbonyl (C=O) groups excluding carboxylic acids is 1. The van der Waals surface area contributed by atoms with Gasteiger partial charge in [0.15, 0.2) is 0 Å². The molecule has 0 unspecified atom stereocenters. The van der Waals surface area contributed by atoms with E-state index in [0.29, 0.717) is 5.75 Å². The summed E-state index contributed by atoms with van der Waals surface area (Å²) in [6.07, 6.45) is 0. The minimum Gasteiger partial charge on any atom is -0.495 e. The first-order valence-corrected chi connectivity index (χ1v) is 4.48. The lowest BCUT2D eigenvalue weighted by Gasteiger charge is -2.10. The van der Waals surface area contributed by atoms with Crippen molar-refractivity contribution in [3.63, 3.8) is 0 Å². The summed E-state index contributed by atoms with van der Waals surface area (Å²) in [5.41, 5.74) is 0.531. The van der Waals surface area contributed by atoms with Gasteiger partial charge in [0.25, 0.3) is 0 Å². The molecule has 0 aliphatic carbocycles. The normalized spacial score (nSPS) is 9.38. The number of methoxy groups -OCH3 is 2. The summed E-state index contributed by atoms with van der Waals surface area (Å²) in [5.74, 6) is -0.276. The van der Waals surface area contributed by atoms with Gasteiger partial charge >= 0.3 is 5.97 Å². The molecule has 0 saturated heterocycles. The highest BCUT2D eigenvalue weighted by Gasteiger charge is 2.18. The van der Waals surface area contributed by atoms with Crippen LogP contribution in [-0.2, 0) is 11.3 Å². The molecule has 1 N–H and O–H groups in total. The molecule has 0 aliphatic rings. The van der Waals surface area contributed by atoms with E-state index >= 15 is 0 Å². The van der Waals surface area contributed by atoms with Crippen molar-refractivity contribution < 1.29 is 19.4 Å². The first-order chi connectivity index (χ1) is 7.69. The first-order valence-electron chi connectivity index (χ1n) is 4.48. The number of aliphatic hydroxyl groups is 1. The van der Waals surface area contributed by atoms with Gasteiger partial charge in [-0.3, -0.25) is 0 Å². The Morgan fingerprint density at radius 2 is 2.19 bits per heavy atom. The van der Waals surface area contributed by atoms with Crippen LogP contribution in [0.2, 0.25) is 0 Å². The van der Waals surface area contributed by atoms with Crippen LogP contribution < -0.4 is 4.74 Å². The maximum Gasteiger partial charge on any atom is 0.338 e. The van der Waals surface area contributed by atoms with Gasteiger partial charge in [-0.15, -0.1) is 0 Å². The average molecular weight is 221 g/mol. The molecule has 0 aromatic heterocycles. The van der Waals surface area contributed by atoms with Crippen molar-refractivity contribution in [2.45, 2.75) is 6.61 Å². The van der Waals surface area contributed by atoms with E-state index in [-0.39, 0.29) is 16.7 Å². The van der Waals surface area contributed by atoms with Crippen LogP contribution in [-0.4, -0.2) is 25.3 Å². The van der Waals surface area contributed by atoms with Crippen LogP contribution in [0.5, 0.6) is 5.75 Å². The van der Waals surface area contributed by atoms with Crippen LogP contribution in [0, 0.1) is 11.3 Å². The van der Waals surface area contributed by atoms with Gasteiger partial charge in [-0.1, -0.05) is 0 Å². The van der Waals surface area contributed by atoms with E-state index < -0.39 is 12.6 Å². The second kappa shape index (κ2) is 5.14. The van der Waals surface area contributed by atoms with Crippen molar-refractivity contribution in [3.05, 3.63) is 28.8 Å². The highest BCUT2D eigenvalue weighted by atomic mass is 16.5. The van der Waals surface area contributed by atoms with Crippen LogP contribution in [0.25, 0.3) is 0 Å². The zero-order valence-corrected chi connectivity index (χ0v) is 8.98. The van der Waals surface area contributed by atoms with Crippen LogP contribution in [0.3, 0.4) is 0 Å². The number of ether oxygens (including phenoxy) is 2. The molecule has 0 spiro atoms. The number of rotatable bonds is 3. The zero-order valence-electron chi connectivity index (χ0n) is 8.98. The standard InChI is InChI=1S/C11H11NO4/c1-15-10-4-3-7(11(14)16-2)9(6-13)8(10)5-12/h3-4,13H,6H2,1-2H3. The van der Waals surface area contributed by atoms with E-state index in [1.807, 2.05) is 6.07 Å². The van der Waals surface area contributed by atoms with E-state index in [9.17, 15) is 9.90 Å². The number of nitriles is 1. The molecular formula is C11H11NO4. The van der Waals surface area contributed by atoms with Gasteiger partial charge in [0.2, 0.25) is 0 Å². The number of benzene rings is 1. The maximum atomic E-state index is 11.4. The Morgan fingerprint density at radius 3 is 2.62 bits per heavy atom. The third-order valence-corrected chi connectivity index (χ3v) is 2.17. The molecular weight excluding hydrogens is 210 g/mol. The maximum absolute atomic E-state index is 11.4. The molecule has 0 atom stereocenters. The summed E-state index contributed by atoms with van der Waals surface area (Å²) in [5, 5.41) is 18.1. The third kappa shape index (κ3) is 1.97. The number of carbonyl (C=O) groups is 1. The van der Waals surface area contributed by atoms with Crippen molar-refractivity contribution in [1.29, 1.82) is 5.26 Å². The van der Waals surface area contributed by atoms with Crippen LogP contribution in [0.15, 0.2) is 12.1 Å². The lowest BCUT2D eigenvalue weighted by Crippen LogP contribution is -2.08. The highest BCUT2D eigenvalue weighted by molar-refractivity contribution is 5.92. The summed E-state index contributed by atoms with van der Waals surface area (Å²) < 4.78 is 9.51. The SMILES string of the molecule is COC(=O)c1ccc(OC)c(C#N)c1CO. The summed E-state index contributed by atoms with van der Waals surface area (Å²) >= 11 is 0. The Hall–Kier alpha value is -2.06. The molecule has 84 valence electrons. The fourth-order valence-electron chi connectivity index (χ4n) is 1.38. The van der Waals surface area contributed by atoms with Crippen LogP contribution >= 0.6 is 0 Å². The van der Waals surface area contributed by atoms with Crippen molar-refractivity contribution in [2.24, 2.45) is 0 Å². The van der Waals surface area contributed by atoms with Gasteiger partial charge in [-0.25, -0.2) is 4.79 Å². The lowest BCUT2D eigenvalue weighted by atomic mass is 10.0. The summed E-state index contributed by atoms with van der Waals surface area (Å²) in [4.78, 5) is 11.4. The second-order valence-corrected chi connectivity index (χ2v) is 2.93. The Bertz CT molecular complexity index is 448. The van der Waals surface area contributed by atoms with Crippen LogP contribution in [0.1, 0.15) is 21.5 Å². The van der Waals surface area contributed by atoms with Crippen LogP contribution in [0.4, 0.5) is 0 Å². The molecule has 16 heavy (non-hydrogen) atoms. The molecule has 1 rings (SSSR count). The predicted molar refractivity (Wildman–Crippen MR) is 55.0 cm³/mol. The minimum absolute atomic E-state index is 0.146. The molecule has 0 amide bonds. The number of hydrogen-bond donors (Lipinski definition) is 1. The smallest absolute Gasteiger partial charge is 0.338 e. The van der Waals surface area contributed by atoms with E-state index in [4.69, 9.17) is 10.00 Å². The molecule has 0 saturated carbocycles. The number of esters is 1. The summed E-state index contributed by atoms with van der Waals surface area (Å²) in [7, 11) is 2.65. The topological polar surface area (TPSA) is 79.5 Å². The molecule has 0 radical (unpaired) electrons. The van der Waals surface area contributed by atoms with Crippen molar-refractivity contribution in [3.8, 4) is 11.8 Å². The monoisotopic (exact) mass is 221 g/mol. The van der Waals surface area contributed by atoms with Crippen molar-refractivity contribution in [1.82, 2.24) is 0 Å². The van der Waals surface area contributed by atoms with Gasteiger partial charge in [-0.05, 0) is 12.1 Å². The average Bonchev–Trinajstić information content (AvgIpc) is 2.35. The second-order valence-electron chi connectivity index (χ2n) is 2.93. The molecule has 1 aromatic rings.